The van der Waals surface area contributed by atoms with Crippen LogP contribution < -0.4 is 5.32 Å². The van der Waals surface area contributed by atoms with Crippen LogP contribution in [0.3, 0.4) is 0 Å². The molecule has 1 amide bonds. The summed E-state index contributed by atoms with van der Waals surface area (Å²) in [5, 5.41) is 3.79. The van der Waals surface area contributed by atoms with Gasteiger partial charge in [0.2, 0.25) is 0 Å². The average Bonchev–Trinajstić information content (AvgIpc) is 3.32. The predicted molar refractivity (Wildman–Crippen MR) is 98.8 cm³/mol. The number of benzene rings is 1. The number of rotatable bonds is 4. The molecule has 0 saturated heterocycles. The molecule has 4 rings (SSSR count). The molecule has 0 radical (unpaired) electrons. The number of nitrogens with one attached hydrogen (secondary N) is 1. The SMILES string of the molecule is Cc1ccc(C(C)NC(=O)c2cc(-c3ccco3)nc3ccccc23)o1. The first-order chi connectivity index (χ1) is 12.6. The lowest BCUT2D eigenvalue weighted by atomic mass is 10.1. The number of hydrogen-bond acceptors (Lipinski definition) is 4. The van der Waals surface area contributed by atoms with Gasteiger partial charge in [-0.25, -0.2) is 4.98 Å². The van der Waals surface area contributed by atoms with Crippen LogP contribution in [-0.4, -0.2) is 10.9 Å². The first-order valence-electron chi connectivity index (χ1n) is 8.42. The number of carbonyl (C=O) groups excluding carboxylic acids is 1. The van der Waals surface area contributed by atoms with Gasteiger partial charge in [0.05, 0.1) is 23.4 Å². The van der Waals surface area contributed by atoms with E-state index in [0.29, 0.717) is 17.0 Å². The summed E-state index contributed by atoms with van der Waals surface area (Å²) in [5.74, 6) is 1.98. The third-order valence-electron chi connectivity index (χ3n) is 4.27. The molecule has 3 heterocycles. The van der Waals surface area contributed by atoms with Gasteiger partial charge in [-0.2, -0.15) is 0 Å². The molecule has 1 unspecified atom stereocenters. The van der Waals surface area contributed by atoms with Gasteiger partial charge in [-0.3, -0.25) is 4.79 Å². The van der Waals surface area contributed by atoms with E-state index in [1.54, 1.807) is 18.4 Å². The Kier molecular flexibility index (Phi) is 4.05. The van der Waals surface area contributed by atoms with E-state index in [1.807, 2.05) is 56.3 Å². The second-order valence-corrected chi connectivity index (χ2v) is 6.19. The Morgan fingerprint density at radius 3 is 2.69 bits per heavy atom. The van der Waals surface area contributed by atoms with Gasteiger partial charge in [-0.15, -0.1) is 0 Å². The van der Waals surface area contributed by atoms with E-state index in [1.165, 1.54) is 0 Å². The van der Waals surface area contributed by atoms with Crippen LogP contribution in [0.2, 0.25) is 0 Å². The van der Waals surface area contributed by atoms with Crippen LogP contribution in [0.4, 0.5) is 0 Å². The molecule has 3 aromatic heterocycles. The normalized spacial score (nSPS) is 12.2. The van der Waals surface area contributed by atoms with Crippen LogP contribution in [0, 0.1) is 6.92 Å². The van der Waals surface area contributed by atoms with E-state index < -0.39 is 0 Å². The first kappa shape index (κ1) is 16.1. The van der Waals surface area contributed by atoms with Crippen molar-refractivity contribution in [1.29, 1.82) is 0 Å². The Morgan fingerprint density at radius 2 is 1.96 bits per heavy atom. The molecule has 0 aliphatic heterocycles. The smallest absolute Gasteiger partial charge is 0.252 e. The molecular formula is C21H18N2O3. The molecule has 26 heavy (non-hydrogen) atoms. The highest BCUT2D eigenvalue weighted by atomic mass is 16.3. The number of furan rings is 2. The van der Waals surface area contributed by atoms with Crippen LogP contribution in [-0.2, 0) is 0 Å². The van der Waals surface area contributed by atoms with Crippen molar-refractivity contribution in [2.24, 2.45) is 0 Å². The van der Waals surface area contributed by atoms with E-state index in [0.717, 1.165) is 22.4 Å². The van der Waals surface area contributed by atoms with Crippen molar-refractivity contribution in [2.45, 2.75) is 19.9 Å². The van der Waals surface area contributed by atoms with Gasteiger partial charge < -0.3 is 14.2 Å². The van der Waals surface area contributed by atoms with Crippen molar-refractivity contribution in [3.05, 3.63) is 77.9 Å². The molecule has 5 heteroatoms. The summed E-state index contributed by atoms with van der Waals surface area (Å²) in [6.07, 6.45) is 1.59. The van der Waals surface area contributed by atoms with E-state index in [2.05, 4.69) is 10.3 Å². The molecule has 0 aliphatic rings. The van der Waals surface area contributed by atoms with Gasteiger partial charge in [0.15, 0.2) is 5.76 Å². The molecule has 1 aromatic carbocycles. The Labute approximate surface area is 150 Å². The number of fused-ring (bicyclic) bond motifs is 1. The zero-order valence-electron chi connectivity index (χ0n) is 14.5. The molecule has 0 fully saturated rings. The maximum absolute atomic E-state index is 13.0. The van der Waals surface area contributed by atoms with Gasteiger partial charge in [-0.1, -0.05) is 18.2 Å². The predicted octanol–water partition coefficient (Wildman–Crippen LogP) is 4.89. The van der Waals surface area contributed by atoms with E-state index >= 15 is 0 Å². The largest absolute Gasteiger partial charge is 0.464 e. The number of aromatic nitrogens is 1. The van der Waals surface area contributed by atoms with Gasteiger partial charge in [0, 0.05) is 5.39 Å². The zero-order valence-corrected chi connectivity index (χ0v) is 14.5. The number of amides is 1. The summed E-state index contributed by atoms with van der Waals surface area (Å²) in [4.78, 5) is 17.6. The van der Waals surface area contributed by atoms with Crippen molar-refractivity contribution in [3.8, 4) is 11.5 Å². The summed E-state index contributed by atoms with van der Waals surface area (Å²) in [6, 6.07) is 16.5. The number of para-hydroxylation sites is 1. The second kappa shape index (κ2) is 6.52. The quantitative estimate of drug-likeness (QED) is 0.571. The fourth-order valence-electron chi connectivity index (χ4n) is 2.95. The van der Waals surface area contributed by atoms with E-state index in [9.17, 15) is 4.79 Å². The van der Waals surface area contributed by atoms with E-state index in [-0.39, 0.29) is 11.9 Å². The van der Waals surface area contributed by atoms with Crippen molar-refractivity contribution in [2.75, 3.05) is 0 Å². The van der Waals surface area contributed by atoms with Gasteiger partial charge in [0.1, 0.15) is 17.2 Å². The monoisotopic (exact) mass is 346 g/mol. The third kappa shape index (κ3) is 2.99. The Hall–Kier alpha value is -3.34. The molecule has 0 aliphatic carbocycles. The molecular weight excluding hydrogens is 328 g/mol. The highest BCUT2D eigenvalue weighted by Gasteiger charge is 2.18. The van der Waals surface area contributed by atoms with Gasteiger partial charge in [0.25, 0.3) is 5.91 Å². The van der Waals surface area contributed by atoms with Crippen molar-refractivity contribution < 1.29 is 13.6 Å². The number of aryl methyl sites for hydroxylation is 1. The lowest BCUT2D eigenvalue weighted by Crippen LogP contribution is -2.26. The molecule has 5 nitrogen and oxygen atoms in total. The first-order valence-corrected chi connectivity index (χ1v) is 8.42. The average molecular weight is 346 g/mol. The third-order valence-corrected chi connectivity index (χ3v) is 4.27. The molecule has 0 saturated carbocycles. The van der Waals surface area contributed by atoms with Crippen LogP contribution in [0.25, 0.3) is 22.4 Å². The fraction of sp³-hybridized carbons (Fsp3) is 0.143. The number of carbonyl (C=O) groups is 1. The molecule has 130 valence electrons. The zero-order chi connectivity index (χ0) is 18.1. The Bertz CT molecular complexity index is 1060. The maximum Gasteiger partial charge on any atom is 0.252 e. The maximum atomic E-state index is 13.0. The fourth-order valence-corrected chi connectivity index (χ4v) is 2.95. The summed E-state index contributed by atoms with van der Waals surface area (Å²) in [7, 11) is 0. The number of hydrogen-bond donors (Lipinski definition) is 1. The summed E-state index contributed by atoms with van der Waals surface area (Å²) < 4.78 is 11.1. The van der Waals surface area contributed by atoms with Crippen LogP contribution in [0.5, 0.6) is 0 Å². The number of nitrogens with zero attached hydrogens (tertiary/aromatic N) is 1. The lowest BCUT2D eigenvalue weighted by molar-refractivity contribution is 0.0937. The summed E-state index contributed by atoms with van der Waals surface area (Å²) in [5.41, 5.74) is 1.92. The molecule has 1 N–H and O–H groups in total. The molecule has 4 aromatic rings. The number of pyridine rings is 1. The van der Waals surface area contributed by atoms with Crippen LogP contribution in [0.1, 0.15) is 34.8 Å². The topological polar surface area (TPSA) is 68.3 Å². The minimum absolute atomic E-state index is 0.182. The minimum atomic E-state index is -0.241. The lowest BCUT2D eigenvalue weighted by Gasteiger charge is -2.13. The van der Waals surface area contributed by atoms with Gasteiger partial charge in [-0.05, 0) is 50.2 Å². The van der Waals surface area contributed by atoms with Crippen LogP contribution in [0.15, 0.2) is 69.7 Å². The molecule has 0 spiro atoms. The van der Waals surface area contributed by atoms with E-state index in [4.69, 9.17) is 8.83 Å². The van der Waals surface area contributed by atoms with Crippen molar-refractivity contribution >= 4 is 16.8 Å². The highest BCUT2D eigenvalue weighted by molar-refractivity contribution is 6.07. The van der Waals surface area contributed by atoms with Crippen LogP contribution >= 0.6 is 0 Å². The second-order valence-electron chi connectivity index (χ2n) is 6.19. The standard InChI is InChI=1S/C21H18N2O3/c1-13-9-10-19(26-13)14(2)22-21(24)16-12-18(20-8-5-11-25-20)23-17-7-4-3-6-15(16)17/h3-12,14H,1-2H3,(H,22,24). The molecule has 0 bridgehead atoms. The highest BCUT2D eigenvalue weighted by Crippen LogP contribution is 2.26. The Balaban J connectivity index is 1.73. The minimum Gasteiger partial charge on any atom is -0.464 e. The van der Waals surface area contributed by atoms with Crippen molar-refractivity contribution in [1.82, 2.24) is 10.3 Å². The summed E-state index contributed by atoms with van der Waals surface area (Å²) in [6.45, 7) is 3.77. The Morgan fingerprint density at radius 1 is 1.12 bits per heavy atom. The molecule has 1 atom stereocenters. The summed E-state index contributed by atoms with van der Waals surface area (Å²) >= 11 is 0. The van der Waals surface area contributed by atoms with Gasteiger partial charge >= 0.3 is 0 Å². The van der Waals surface area contributed by atoms with Crippen molar-refractivity contribution in [3.63, 3.8) is 0 Å².